The lowest BCUT2D eigenvalue weighted by molar-refractivity contribution is 0.0678. The van der Waals surface area contributed by atoms with Crippen LogP contribution in [-0.2, 0) is 6.54 Å². The van der Waals surface area contributed by atoms with Crippen LogP contribution in [0.15, 0.2) is 47.3 Å². The summed E-state index contributed by atoms with van der Waals surface area (Å²) >= 11 is 6.09. The predicted molar refractivity (Wildman–Crippen MR) is 113 cm³/mol. The zero-order chi connectivity index (χ0) is 21.1. The summed E-state index contributed by atoms with van der Waals surface area (Å²) in [6.07, 6.45) is 0.709. The van der Waals surface area contributed by atoms with Gasteiger partial charge >= 0.3 is 0 Å². The van der Waals surface area contributed by atoms with E-state index < -0.39 is 11.9 Å². The molecule has 0 spiro atoms. The van der Waals surface area contributed by atoms with Gasteiger partial charge in [-0.2, -0.15) is 0 Å². The van der Waals surface area contributed by atoms with E-state index in [0.717, 1.165) is 0 Å². The van der Waals surface area contributed by atoms with Crippen molar-refractivity contribution in [3.05, 3.63) is 75.0 Å². The number of carbonyl (C=O) groups is 1. The molecule has 1 amide bonds. The minimum absolute atomic E-state index is 0.175. The molecule has 0 N–H and O–H groups in total. The first-order valence-corrected chi connectivity index (χ1v) is 10.0. The van der Waals surface area contributed by atoms with Crippen LogP contribution in [0.25, 0.3) is 10.9 Å². The number of fused-ring (bicyclic) bond motifs is 1. The van der Waals surface area contributed by atoms with Gasteiger partial charge in [0, 0.05) is 23.7 Å². The predicted octanol–water partition coefficient (Wildman–Crippen LogP) is 4.82. The quantitative estimate of drug-likeness (QED) is 0.579. The van der Waals surface area contributed by atoms with Crippen molar-refractivity contribution in [1.82, 2.24) is 14.5 Å². The maximum atomic E-state index is 13.6. The van der Waals surface area contributed by atoms with Gasteiger partial charge in [-0.05, 0) is 56.7 Å². The first kappa shape index (κ1) is 21.0. The summed E-state index contributed by atoms with van der Waals surface area (Å²) in [4.78, 5) is 32.4. The van der Waals surface area contributed by atoms with Gasteiger partial charge in [-0.25, -0.2) is 9.37 Å². The van der Waals surface area contributed by atoms with Crippen molar-refractivity contribution in [3.8, 4) is 0 Å². The van der Waals surface area contributed by atoms with Gasteiger partial charge in [-0.1, -0.05) is 24.6 Å². The number of amides is 1. The van der Waals surface area contributed by atoms with Crippen molar-refractivity contribution >= 4 is 28.4 Å². The molecule has 3 rings (SSSR count). The fourth-order valence-corrected chi connectivity index (χ4v) is 3.64. The average molecular weight is 416 g/mol. The van der Waals surface area contributed by atoms with Crippen LogP contribution in [-0.4, -0.2) is 26.9 Å². The molecule has 0 aliphatic rings. The number of rotatable bonds is 6. The van der Waals surface area contributed by atoms with Crippen molar-refractivity contribution in [2.75, 3.05) is 6.54 Å². The van der Waals surface area contributed by atoms with E-state index in [4.69, 9.17) is 11.6 Å². The second-order valence-corrected chi connectivity index (χ2v) is 7.30. The summed E-state index contributed by atoms with van der Waals surface area (Å²) in [5.74, 6) is -0.295. The fraction of sp³-hybridized carbons (Fsp3) is 0.318. The Labute approximate surface area is 173 Å². The molecule has 3 aromatic rings. The lowest BCUT2D eigenvalue weighted by atomic mass is 10.1. The molecule has 1 atom stereocenters. The molecule has 0 fully saturated rings. The molecule has 1 aromatic heterocycles. The molecular weight excluding hydrogens is 393 g/mol. The second-order valence-electron chi connectivity index (χ2n) is 6.87. The Bertz CT molecular complexity index is 1110. The van der Waals surface area contributed by atoms with Gasteiger partial charge in [-0.15, -0.1) is 0 Å². The fourth-order valence-electron chi connectivity index (χ4n) is 3.47. The van der Waals surface area contributed by atoms with Gasteiger partial charge in [0.25, 0.3) is 11.5 Å². The molecule has 0 saturated heterocycles. The first-order chi connectivity index (χ1) is 13.9. The van der Waals surface area contributed by atoms with E-state index >= 15 is 0 Å². The summed E-state index contributed by atoms with van der Waals surface area (Å²) in [5, 5.41) is 0.962. The normalized spacial score (nSPS) is 12.2. The van der Waals surface area contributed by atoms with Crippen LogP contribution in [0.3, 0.4) is 0 Å². The van der Waals surface area contributed by atoms with Crippen molar-refractivity contribution in [2.45, 2.75) is 39.8 Å². The van der Waals surface area contributed by atoms with Gasteiger partial charge in [0.05, 0.1) is 16.9 Å². The minimum Gasteiger partial charge on any atom is -0.329 e. The van der Waals surface area contributed by atoms with Gasteiger partial charge in [0.15, 0.2) is 0 Å². The zero-order valence-corrected chi connectivity index (χ0v) is 17.4. The van der Waals surface area contributed by atoms with E-state index in [1.807, 2.05) is 20.8 Å². The first-order valence-electron chi connectivity index (χ1n) is 9.63. The highest BCUT2D eigenvalue weighted by atomic mass is 35.5. The number of hydrogen-bond acceptors (Lipinski definition) is 3. The summed E-state index contributed by atoms with van der Waals surface area (Å²) in [6.45, 7) is 6.51. The summed E-state index contributed by atoms with van der Waals surface area (Å²) in [5.41, 5.74) is 0.578. The van der Waals surface area contributed by atoms with Gasteiger partial charge < -0.3 is 4.90 Å². The number of aromatic nitrogens is 2. The third kappa shape index (κ3) is 4.17. The molecule has 0 aliphatic carbocycles. The molecule has 29 heavy (non-hydrogen) atoms. The molecule has 7 heteroatoms. The number of halogens is 2. The van der Waals surface area contributed by atoms with Crippen LogP contribution in [0.2, 0.25) is 5.02 Å². The zero-order valence-electron chi connectivity index (χ0n) is 16.7. The number of benzene rings is 2. The SMILES string of the molecule is CCCN(C(=O)c1cccc(F)c1)C(C)c1nc2cc(Cl)ccc2c(=O)n1CC. The highest BCUT2D eigenvalue weighted by Gasteiger charge is 2.26. The third-order valence-corrected chi connectivity index (χ3v) is 5.14. The molecule has 0 aliphatic heterocycles. The molecule has 0 radical (unpaired) electrons. The van der Waals surface area contributed by atoms with Crippen molar-refractivity contribution < 1.29 is 9.18 Å². The van der Waals surface area contributed by atoms with E-state index in [9.17, 15) is 14.0 Å². The Morgan fingerprint density at radius 2 is 2.00 bits per heavy atom. The summed E-state index contributed by atoms with van der Waals surface area (Å²) in [7, 11) is 0. The van der Waals surface area contributed by atoms with E-state index in [1.165, 1.54) is 18.2 Å². The Balaban J connectivity index is 2.12. The molecule has 152 valence electrons. The molecule has 5 nitrogen and oxygen atoms in total. The van der Waals surface area contributed by atoms with Crippen LogP contribution in [0.5, 0.6) is 0 Å². The smallest absolute Gasteiger partial charge is 0.261 e. The lowest BCUT2D eigenvalue weighted by Gasteiger charge is -2.30. The maximum Gasteiger partial charge on any atom is 0.261 e. The van der Waals surface area contributed by atoms with Gasteiger partial charge in [0.1, 0.15) is 11.6 Å². The van der Waals surface area contributed by atoms with Gasteiger partial charge in [-0.3, -0.25) is 14.2 Å². The van der Waals surface area contributed by atoms with Crippen LogP contribution in [0.1, 0.15) is 49.4 Å². The molecule has 1 heterocycles. The topological polar surface area (TPSA) is 55.2 Å². The van der Waals surface area contributed by atoms with Crippen molar-refractivity contribution in [2.24, 2.45) is 0 Å². The van der Waals surface area contributed by atoms with E-state index in [2.05, 4.69) is 4.98 Å². The average Bonchev–Trinajstić information content (AvgIpc) is 2.70. The summed E-state index contributed by atoms with van der Waals surface area (Å²) in [6, 6.07) is 10.1. The largest absolute Gasteiger partial charge is 0.329 e. The van der Waals surface area contributed by atoms with Crippen molar-refractivity contribution in [1.29, 1.82) is 0 Å². The highest BCUT2D eigenvalue weighted by Crippen LogP contribution is 2.24. The Morgan fingerprint density at radius 1 is 1.24 bits per heavy atom. The molecule has 0 bridgehead atoms. The van der Waals surface area contributed by atoms with Gasteiger partial charge in [0.2, 0.25) is 0 Å². The third-order valence-electron chi connectivity index (χ3n) is 4.90. The van der Waals surface area contributed by atoms with Crippen LogP contribution in [0.4, 0.5) is 4.39 Å². The Morgan fingerprint density at radius 3 is 2.66 bits per heavy atom. The Kier molecular flexibility index (Phi) is 6.33. The Hall–Kier alpha value is -2.73. The van der Waals surface area contributed by atoms with E-state index in [0.29, 0.717) is 41.3 Å². The standard InChI is InChI=1S/C22H23ClFN3O2/c1-4-11-27(21(28)15-7-6-8-17(24)12-15)14(3)20-25-19-13-16(23)9-10-18(19)22(29)26(20)5-2/h6-10,12-14H,4-5,11H2,1-3H3. The van der Waals surface area contributed by atoms with Crippen LogP contribution in [0, 0.1) is 5.82 Å². The van der Waals surface area contributed by atoms with E-state index in [1.54, 1.807) is 33.7 Å². The highest BCUT2D eigenvalue weighted by molar-refractivity contribution is 6.31. The number of hydrogen-bond donors (Lipinski definition) is 0. The lowest BCUT2D eigenvalue weighted by Crippen LogP contribution is -2.38. The molecule has 1 unspecified atom stereocenters. The molecule has 2 aromatic carbocycles. The number of nitrogens with zero attached hydrogens (tertiary/aromatic N) is 3. The van der Waals surface area contributed by atoms with Crippen LogP contribution >= 0.6 is 11.6 Å². The van der Waals surface area contributed by atoms with E-state index in [-0.39, 0.29) is 17.0 Å². The monoisotopic (exact) mass is 415 g/mol. The maximum absolute atomic E-state index is 13.6. The van der Waals surface area contributed by atoms with Crippen molar-refractivity contribution in [3.63, 3.8) is 0 Å². The van der Waals surface area contributed by atoms with Crippen LogP contribution < -0.4 is 5.56 Å². The second kappa shape index (κ2) is 8.74. The molecular formula is C22H23ClFN3O2. The number of carbonyl (C=O) groups excluding carboxylic acids is 1. The molecule has 0 saturated carbocycles. The summed E-state index contributed by atoms with van der Waals surface area (Å²) < 4.78 is 15.2. The minimum atomic E-state index is -0.484.